The predicted molar refractivity (Wildman–Crippen MR) is 75.5 cm³/mol. The van der Waals surface area contributed by atoms with Crippen molar-refractivity contribution >= 4 is 32.6 Å². The number of furan rings is 1. The van der Waals surface area contributed by atoms with Gasteiger partial charge < -0.3 is 9.73 Å². The Bertz CT molecular complexity index is 645. The molecule has 0 saturated carbocycles. The van der Waals surface area contributed by atoms with Crippen LogP contribution in [0.1, 0.15) is 5.76 Å². The van der Waals surface area contributed by atoms with Crippen molar-refractivity contribution in [3.8, 4) is 0 Å². The topological polar surface area (TPSA) is 38.1 Å². The molecule has 0 aliphatic rings. The number of aromatic nitrogens is 1. The van der Waals surface area contributed by atoms with Crippen molar-refractivity contribution in [3.63, 3.8) is 0 Å². The SMILES string of the molecule is Brc1cncc(NCc2cc3ccccc3o2)c1. The first-order chi connectivity index (χ1) is 8.81. The number of pyridine rings is 1. The minimum absolute atomic E-state index is 0.646. The molecule has 1 N–H and O–H groups in total. The van der Waals surface area contributed by atoms with Crippen LogP contribution in [0.3, 0.4) is 0 Å². The quantitative estimate of drug-likeness (QED) is 0.788. The van der Waals surface area contributed by atoms with E-state index in [-0.39, 0.29) is 0 Å². The Morgan fingerprint density at radius 1 is 1.17 bits per heavy atom. The Morgan fingerprint density at radius 3 is 2.89 bits per heavy atom. The molecule has 0 amide bonds. The molecule has 0 fully saturated rings. The number of para-hydroxylation sites is 1. The molecule has 0 atom stereocenters. The van der Waals surface area contributed by atoms with E-state index in [4.69, 9.17) is 4.42 Å². The molecular weight excluding hydrogens is 292 g/mol. The van der Waals surface area contributed by atoms with Crippen molar-refractivity contribution in [1.29, 1.82) is 0 Å². The normalized spacial score (nSPS) is 10.7. The Morgan fingerprint density at radius 2 is 2.06 bits per heavy atom. The fraction of sp³-hybridized carbons (Fsp3) is 0.0714. The highest BCUT2D eigenvalue weighted by Crippen LogP contribution is 2.20. The van der Waals surface area contributed by atoms with Crippen LogP contribution in [0.2, 0.25) is 0 Å². The lowest BCUT2D eigenvalue weighted by atomic mass is 10.2. The third kappa shape index (κ3) is 2.38. The average molecular weight is 303 g/mol. The van der Waals surface area contributed by atoms with Gasteiger partial charge in [0.05, 0.1) is 18.4 Å². The van der Waals surface area contributed by atoms with Gasteiger partial charge in [-0.25, -0.2) is 0 Å². The number of benzene rings is 1. The Balaban J connectivity index is 1.76. The molecule has 1 aromatic carbocycles. The summed E-state index contributed by atoms with van der Waals surface area (Å²) < 4.78 is 6.68. The number of fused-ring (bicyclic) bond motifs is 1. The van der Waals surface area contributed by atoms with Crippen molar-refractivity contribution in [1.82, 2.24) is 4.98 Å². The summed E-state index contributed by atoms with van der Waals surface area (Å²) in [6, 6.07) is 12.0. The zero-order valence-corrected chi connectivity index (χ0v) is 11.1. The summed E-state index contributed by atoms with van der Waals surface area (Å²) in [6.07, 6.45) is 3.54. The van der Waals surface area contributed by atoms with Crippen molar-refractivity contribution < 1.29 is 4.42 Å². The van der Waals surface area contributed by atoms with Crippen LogP contribution in [0.4, 0.5) is 5.69 Å². The molecule has 0 aliphatic heterocycles. The van der Waals surface area contributed by atoms with E-state index >= 15 is 0 Å². The Hall–Kier alpha value is -1.81. The van der Waals surface area contributed by atoms with E-state index in [1.807, 2.05) is 36.4 Å². The highest BCUT2D eigenvalue weighted by Gasteiger charge is 2.02. The average Bonchev–Trinajstić information content (AvgIpc) is 2.79. The molecule has 18 heavy (non-hydrogen) atoms. The van der Waals surface area contributed by atoms with Crippen LogP contribution in [-0.2, 0) is 6.54 Å². The first-order valence-electron chi connectivity index (χ1n) is 5.63. The molecule has 3 rings (SSSR count). The van der Waals surface area contributed by atoms with Crippen LogP contribution in [-0.4, -0.2) is 4.98 Å². The summed E-state index contributed by atoms with van der Waals surface area (Å²) in [5.74, 6) is 0.913. The number of nitrogens with one attached hydrogen (secondary N) is 1. The maximum absolute atomic E-state index is 5.73. The van der Waals surface area contributed by atoms with Gasteiger partial charge in [0, 0.05) is 16.1 Å². The largest absolute Gasteiger partial charge is 0.459 e. The summed E-state index contributed by atoms with van der Waals surface area (Å²) in [4.78, 5) is 4.10. The summed E-state index contributed by atoms with van der Waals surface area (Å²) in [5, 5.41) is 4.40. The Labute approximate surface area is 113 Å². The Kier molecular flexibility index (Phi) is 3.02. The van der Waals surface area contributed by atoms with Gasteiger partial charge in [-0.05, 0) is 34.1 Å². The van der Waals surface area contributed by atoms with Gasteiger partial charge >= 0.3 is 0 Å². The smallest absolute Gasteiger partial charge is 0.134 e. The summed E-state index contributed by atoms with van der Waals surface area (Å²) in [7, 11) is 0. The van der Waals surface area contributed by atoms with Gasteiger partial charge in [-0.2, -0.15) is 0 Å². The number of halogens is 1. The zero-order valence-electron chi connectivity index (χ0n) is 9.56. The molecule has 0 spiro atoms. The lowest BCUT2D eigenvalue weighted by Crippen LogP contribution is -1.98. The van der Waals surface area contributed by atoms with E-state index in [0.29, 0.717) is 6.54 Å². The second-order valence-corrected chi connectivity index (χ2v) is 4.91. The summed E-state index contributed by atoms with van der Waals surface area (Å²) in [5.41, 5.74) is 1.88. The number of anilines is 1. The lowest BCUT2D eigenvalue weighted by molar-refractivity contribution is 0.559. The molecule has 90 valence electrons. The van der Waals surface area contributed by atoms with Crippen molar-refractivity contribution in [2.24, 2.45) is 0 Å². The van der Waals surface area contributed by atoms with Gasteiger partial charge in [0.25, 0.3) is 0 Å². The first-order valence-corrected chi connectivity index (χ1v) is 6.42. The van der Waals surface area contributed by atoms with E-state index < -0.39 is 0 Å². The lowest BCUT2D eigenvalue weighted by Gasteiger charge is -2.03. The van der Waals surface area contributed by atoms with Crippen LogP contribution < -0.4 is 5.32 Å². The highest BCUT2D eigenvalue weighted by atomic mass is 79.9. The van der Waals surface area contributed by atoms with Gasteiger partial charge in [0.15, 0.2) is 0 Å². The van der Waals surface area contributed by atoms with Gasteiger partial charge in [-0.15, -0.1) is 0 Å². The second kappa shape index (κ2) is 4.82. The van der Waals surface area contributed by atoms with Crippen molar-refractivity contribution in [2.75, 3.05) is 5.32 Å². The van der Waals surface area contributed by atoms with Crippen LogP contribution in [0.15, 0.2) is 57.7 Å². The molecule has 3 nitrogen and oxygen atoms in total. The minimum atomic E-state index is 0.646. The van der Waals surface area contributed by atoms with E-state index in [9.17, 15) is 0 Å². The third-order valence-corrected chi connectivity index (χ3v) is 3.08. The molecule has 4 heteroatoms. The summed E-state index contributed by atoms with van der Waals surface area (Å²) in [6.45, 7) is 0.646. The van der Waals surface area contributed by atoms with Gasteiger partial charge in [0.1, 0.15) is 11.3 Å². The van der Waals surface area contributed by atoms with Gasteiger partial charge in [-0.1, -0.05) is 18.2 Å². The van der Waals surface area contributed by atoms with E-state index in [0.717, 1.165) is 26.9 Å². The first kappa shape index (κ1) is 11.3. The van der Waals surface area contributed by atoms with Crippen molar-refractivity contribution in [2.45, 2.75) is 6.54 Å². The van der Waals surface area contributed by atoms with E-state index in [2.05, 4.69) is 26.2 Å². The van der Waals surface area contributed by atoms with Gasteiger partial charge in [0.2, 0.25) is 0 Å². The third-order valence-electron chi connectivity index (χ3n) is 2.65. The standard InChI is InChI=1S/C14H11BrN2O/c15-11-6-12(8-16-7-11)17-9-13-5-10-3-1-2-4-14(10)18-13/h1-8,17H,9H2. The molecule has 0 bridgehead atoms. The molecule has 2 heterocycles. The molecule has 2 aromatic heterocycles. The number of hydrogen-bond acceptors (Lipinski definition) is 3. The van der Waals surface area contributed by atoms with E-state index in [1.165, 1.54) is 0 Å². The van der Waals surface area contributed by atoms with Crippen LogP contribution in [0.5, 0.6) is 0 Å². The van der Waals surface area contributed by atoms with Crippen LogP contribution >= 0.6 is 15.9 Å². The minimum Gasteiger partial charge on any atom is -0.459 e. The number of nitrogens with zero attached hydrogens (tertiary/aromatic N) is 1. The predicted octanol–water partition coefficient (Wildman–Crippen LogP) is 4.20. The van der Waals surface area contributed by atoms with Crippen LogP contribution in [0, 0.1) is 0 Å². The monoisotopic (exact) mass is 302 g/mol. The maximum atomic E-state index is 5.73. The highest BCUT2D eigenvalue weighted by molar-refractivity contribution is 9.10. The van der Waals surface area contributed by atoms with Crippen molar-refractivity contribution in [3.05, 3.63) is 59.0 Å². The van der Waals surface area contributed by atoms with E-state index in [1.54, 1.807) is 12.4 Å². The number of hydrogen-bond donors (Lipinski definition) is 1. The maximum Gasteiger partial charge on any atom is 0.134 e. The second-order valence-electron chi connectivity index (χ2n) is 4.00. The summed E-state index contributed by atoms with van der Waals surface area (Å²) >= 11 is 3.39. The van der Waals surface area contributed by atoms with Gasteiger partial charge in [-0.3, -0.25) is 4.98 Å². The molecule has 0 saturated heterocycles. The fourth-order valence-electron chi connectivity index (χ4n) is 1.82. The molecular formula is C14H11BrN2O. The number of rotatable bonds is 3. The fourth-order valence-corrected chi connectivity index (χ4v) is 2.19. The molecule has 0 aliphatic carbocycles. The molecule has 0 unspecified atom stereocenters. The zero-order chi connectivity index (χ0) is 12.4. The molecule has 0 radical (unpaired) electrons. The molecule has 3 aromatic rings. The van der Waals surface area contributed by atoms with Crippen LogP contribution in [0.25, 0.3) is 11.0 Å².